The zero-order valence-corrected chi connectivity index (χ0v) is 16.0. The zero-order valence-electron chi connectivity index (χ0n) is 15.0. The highest BCUT2D eigenvalue weighted by Crippen LogP contribution is 2.36. The Bertz CT molecular complexity index is 538. The van der Waals surface area contributed by atoms with Gasteiger partial charge in [0.15, 0.2) is 19.8 Å². The molecule has 0 fully saturated rings. The Hall–Kier alpha value is -1.31. The number of ether oxygens (including phenoxy) is 1. The van der Waals surface area contributed by atoms with Gasteiger partial charge in [-0.25, -0.2) is 4.98 Å². The molecule has 1 aromatic rings. The maximum Gasteiger partial charge on any atom is 0.192 e. The molecule has 1 rings (SSSR count). The van der Waals surface area contributed by atoms with Crippen molar-refractivity contribution in [3.63, 3.8) is 0 Å². The number of hydrogen-bond donors (Lipinski definition) is 0. The lowest BCUT2D eigenvalue weighted by atomic mass is 10.2. The Morgan fingerprint density at radius 1 is 1.32 bits per heavy atom. The van der Waals surface area contributed by atoms with Gasteiger partial charge in [0.25, 0.3) is 0 Å². The van der Waals surface area contributed by atoms with E-state index in [1.165, 1.54) is 0 Å². The molecule has 0 unspecified atom stereocenters. The molecule has 0 aliphatic carbocycles. The fourth-order valence-corrected chi connectivity index (χ4v) is 2.63. The van der Waals surface area contributed by atoms with E-state index in [-0.39, 0.29) is 11.1 Å². The Kier molecular flexibility index (Phi) is 6.64. The van der Waals surface area contributed by atoms with Gasteiger partial charge < -0.3 is 9.16 Å². The number of hydrogen-bond acceptors (Lipinski definition) is 3. The molecular formula is C18H29NO2Si. The van der Waals surface area contributed by atoms with Crippen LogP contribution in [-0.4, -0.2) is 26.0 Å². The number of rotatable bonds is 5. The predicted octanol–water partition coefficient (Wildman–Crippen LogP) is 4.63. The first-order chi connectivity index (χ1) is 10.2. The summed E-state index contributed by atoms with van der Waals surface area (Å²) in [5, 5.41) is 0.207. The normalized spacial score (nSPS) is 13.2. The number of pyridine rings is 1. The molecule has 0 spiro atoms. The van der Waals surface area contributed by atoms with Crippen molar-refractivity contribution in [3.05, 3.63) is 24.0 Å². The highest BCUT2D eigenvalue weighted by Gasteiger charge is 2.37. The largest absolute Gasteiger partial charge is 0.485 e. The van der Waals surface area contributed by atoms with Crippen LogP contribution in [0.5, 0.6) is 5.75 Å². The molecule has 0 bridgehead atoms. The first-order valence-electron chi connectivity index (χ1n) is 7.92. The SMILES string of the molecule is CCC#Cc1ncccc1O[C@H](C)CO[Si](C)(C)C(C)(C)C. The van der Waals surface area contributed by atoms with Gasteiger partial charge in [0, 0.05) is 12.6 Å². The third-order valence-electron chi connectivity index (χ3n) is 3.97. The second kappa shape index (κ2) is 7.80. The third kappa shape index (κ3) is 5.47. The van der Waals surface area contributed by atoms with Gasteiger partial charge in [0.05, 0.1) is 6.61 Å². The zero-order chi connectivity index (χ0) is 16.8. The van der Waals surface area contributed by atoms with Gasteiger partial charge in [-0.1, -0.05) is 33.6 Å². The van der Waals surface area contributed by atoms with Crippen molar-refractivity contribution in [2.75, 3.05) is 6.61 Å². The molecule has 0 N–H and O–H groups in total. The standard InChI is InChI=1S/C18H29NO2Si/c1-8-9-11-16-17(12-10-13-19-16)21-15(2)14-20-22(6,7)18(3,4)5/h10,12-13,15H,8,14H2,1-7H3/t15-/m1/s1. The van der Waals surface area contributed by atoms with Crippen molar-refractivity contribution in [1.82, 2.24) is 4.98 Å². The number of nitrogens with zero attached hydrogens (tertiary/aromatic N) is 1. The van der Waals surface area contributed by atoms with Gasteiger partial charge in [-0.15, -0.1) is 0 Å². The lowest BCUT2D eigenvalue weighted by Crippen LogP contribution is -2.43. The predicted molar refractivity (Wildman–Crippen MR) is 94.6 cm³/mol. The fourth-order valence-electron chi connectivity index (χ4n) is 1.54. The van der Waals surface area contributed by atoms with Crippen LogP contribution in [0.2, 0.25) is 18.1 Å². The van der Waals surface area contributed by atoms with Crippen LogP contribution in [0.1, 0.15) is 46.7 Å². The van der Waals surface area contributed by atoms with E-state index in [9.17, 15) is 0 Å². The molecule has 122 valence electrons. The van der Waals surface area contributed by atoms with Crippen LogP contribution in [0.4, 0.5) is 0 Å². The molecule has 1 atom stereocenters. The molecule has 1 heterocycles. The molecule has 0 aliphatic rings. The van der Waals surface area contributed by atoms with Gasteiger partial charge in [0.1, 0.15) is 6.10 Å². The lowest BCUT2D eigenvalue weighted by Gasteiger charge is -2.36. The summed E-state index contributed by atoms with van der Waals surface area (Å²) in [6, 6.07) is 3.78. The van der Waals surface area contributed by atoms with Crippen LogP contribution in [-0.2, 0) is 4.43 Å². The van der Waals surface area contributed by atoms with Crippen molar-refractivity contribution in [2.24, 2.45) is 0 Å². The van der Waals surface area contributed by atoms with Gasteiger partial charge in [-0.3, -0.25) is 0 Å². The fraction of sp³-hybridized carbons (Fsp3) is 0.611. The van der Waals surface area contributed by atoms with Gasteiger partial charge in [-0.05, 0) is 43.1 Å². The molecule has 0 aliphatic heterocycles. The van der Waals surface area contributed by atoms with E-state index in [4.69, 9.17) is 9.16 Å². The monoisotopic (exact) mass is 319 g/mol. The Balaban J connectivity index is 2.69. The highest BCUT2D eigenvalue weighted by molar-refractivity contribution is 6.74. The summed E-state index contributed by atoms with van der Waals surface area (Å²) >= 11 is 0. The summed E-state index contributed by atoms with van der Waals surface area (Å²) in [5.74, 6) is 6.82. The topological polar surface area (TPSA) is 31.4 Å². The summed E-state index contributed by atoms with van der Waals surface area (Å²) in [5.41, 5.74) is 0.698. The Morgan fingerprint density at radius 3 is 2.59 bits per heavy atom. The summed E-state index contributed by atoms with van der Waals surface area (Å²) in [6.45, 7) is 15.9. The summed E-state index contributed by atoms with van der Waals surface area (Å²) < 4.78 is 12.2. The molecule has 22 heavy (non-hydrogen) atoms. The highest BCUT2D eigenvalue weighted by atomic mass is 28.4. The van der Waals surface area contributed by atoms with E-state index in [1.807, 2.05) is 26.0 Å². The summed E-state index contributed by atoms with van der Waals surface area (Å²) in [4.78, 5) is 4.29. The van der Waals surface area contributed by atoms with Crippen LogP contribution in [0.25, 0.3) is 0 Å². The molecule has 0 radical (unpaired) electrons. The molecule has 0 saturated carbocycles. The third-order valence-corrected chi connectivity index (χ3v) is 8.47. The van der Waals surface area contributed by atoms with Crippen LogP contribution < -0.4 is 4.74 Å². The van der Waals surface area contributed by atoms with Crippen LogP contribution >= 0.6 is 0 Å². The van der Waals surface area contributed by atoms with E-state index in [0.29, 0.717) is 12.3 Å². The van der Waals surface area contributed by atoms with E-state index < -0.39 is 8.32 Å². The van der Waals surface area contributed by atoms with Crippen LogP contribution in [0.15, 0.2) is 18.3 Å². The molecule has 4 heteroatoms. The first-order valence-corrected chi connectivity index (χ1v) is 10.8. The molecule has 1 aromatic heterocycles. The van der Waals surface area contributed by atoms with Gasteiger partial charge in [0.2, 0.25) is 0 Å². The van der Waals surface area contributed by atoms with Crippen molar-refractivity contribution in [2.45, 2.75) is 65.3 Å². The van der Waals surface area contributed by atoms with E-state index in [1.54, 1.807) is 6.20 Å². The molecule has 3 nitrogen and oxygen atoms in total. The second-order valence-corrected chi connectivity index (χ2v) is 11.8. The molecular weight excluding hydrogens is 290 g/mol. The van der Waals surface area contributed by atoms with Crippen molar-refractivity contribution >= 4 is 8.32 Å². The van der Waals surface area contributed by atoms with Crippen molar-refractivity contribution < 1.29 is 9.16 Å². The van der Waals surface area contributed by atoms with E-state index in [0.717, 1.165) is 12.2 Å². The van der Waals surface area contributed by atoms with Crippen LogP contribution in [0, 0.1) is 11.8 Å². The first kappa shape index (κ1) is 18.7. The Morgan fingerprint density at radius 2 is 2.00 bits per heavy atom. The van der Waals surface area contributed by atoms with Crippen LogP contribution in [0.3, 0.4) is 0 Å². The Labute approximate surface area is 136 Å². The van der Waals surface area contributed by atoms with Gasteiger partial charge >= 0.3 is 0 Å². The number of aromatic nitrogens is 1. The second-order valence-electron chi connectivity index (χ2n) is 7.01. The smallest absolute Gasteiger partial charge is 0.192 e. The van der Waals surface area contributed by atoms with E-state index in [2.05, 4.69) is 50.7 Å². The minimum absolute atomic E-state index is 0.0273. The molecule has 0 amide bonds. The average molecular weight is 320 g/mol. The van der Waals surface area contributed by atoms with Crippen molar-refractivity contribution in [1.29, 1.82) is 0 Å². The summed E-state index contributed by atoms with van der Waals surface area (Å²) in [6.07, 6.45) is 2.52. The minimum Gasteiger partial charge on any atom is -0.485 e. The molecule has 0 aromatic carbocycles. The minimum atomic E-state index is -1.74. The van der Waals surface area contributed by atoms with E-state index >= 15 is 0 Å². The lowest BCUT2D eigenvalue weighted by molar-refractivity contribution is 0.133. The van der Waals surface area contributed by atoms with Crippen molar-refractivity contribution in [3.8, 4) is 17.6 Å². The maximum absolute atomic E-state index is 6.21. The maximum atomic E-state index is 6.21. The summed E-state index contributed by atoms with van der Waals surface area (Å²) in [7, 11) is -1.74. The quantitative estimate of drug-likeness (QED) is 0.585. The average Bonchev–Trinajstić information content (AvgIpc) is 2.43. The van der Waals surface area contributed by atoms with Gasteiger partial charge in [-0.2, -0.15) is 0 Å². The molecule has 0 saturated heterocycles.